The van der Waals surface area contributed by atoms with E-state index in [9.17, 15) is 4.79 Å². The molecule has 2 rings (SSSR count). The zero-order valence-corrected chi connectivity index (χ0v) is 8.55. The van der Waals surface area contributed by atoms with E-state index in [1.807, 2.05) is 16.7 Å². The molecule has 13 heavy (non-hydrogen) atoms. The number of rotatable bonds is 1. The number of hydrogen-bond donors (Lipinski definition) is 1. The Morgan fingerprint density at radius 1 is 1.38 bits per heavy atom. The second-order valence-corrected chi connectivity index (χ2v) is 5.02. The highest BCUT2D eigenvalue weighted by Crippen LogP contribution is 2.24. The summed E-state index contributed by atoms with van der Waals surface area (Å²) >= 11 is 2.00. The summed E-state index contributed by atoms with van der Waals surface area (Å²) in [4.78, 5) is 13.3. The third-order valence-electron chi connectivity index (χ3n) is 2.86. The normalized spacial score (nSPS) is 35.5. The molecule has 2 atom stereocenters. The van der Waals surface area contributed by atoms with Gasteiger partial charge in [0.15, 0.2) is 0 Å². The summed E-state index contributed by atoms with van der Waals surface area (Å²) < 4.78 is 0. The molecule has 0 saturated carbocycles. The van der Waals surface area contributed by atoms with Gasteiger partial charge in [0.2, 0.25) is 5.91 Å². The summed E-state index contributed by atoms with van der Waals surface area (Å²) in [5, 5.41) is 0. The number of nitrogens with two attached hydrogens (primary N) is 1. The Balaban J connectivity index is 1.89. The van der Waals surface area contributed by atoms with Crippen LogP contribution in [0, 0.1) is 0 Å². The summed E-state index contributed by atoms with van der Waals surface area (Å²) in [6, 6.07) is 0.290. The summed E-state index contributed by atoms with van der Waals surface area (Å²) in [5.41, 5.74) is 5.56. The van der Waals surface area contributed by atoms with Crippen molar-refractivity contribution in [1.29, 1.82) is 0 Å². The minimum Gasteiger partial charge on any atom is -0.336 e. The average molecular weight is 200 g/mol. The number of β-lactam (4-membered cyclic amide) rings is 1. The molecule has 0 aromatic heterocycles. The Bertz CT molecular complexity index is 202. The smallest absolute Gasteiger partial charge is 0.241 e. The topological polar surface area (TPSA) is 46.3 Å². The van der Waals surface area contributed by atoms with Crippen LogP contribution >= 0.6 is 11.8 Å². The summed E-state index contributed by atoms with van der Waals surface area (Å²) in [7, 11) is 0. The first-order valence-corrected chi connectivity index (χ1v) is 6.08. The summed E-state index contributed by atoms with van der Waals surface area (Å²) in [6.45, 7) is 0.786. The molecule has 2 saturated heterocycles. The van der Waals surface area contributed by atoms with Crippen LogP contribution in [0.5, 0.6) is 0 Å². The van der Waals surface area contributed by atoms with E-state index in [0.717, 1.165) is 13.0 Å². The van der Waals surface area contributed by atoms with Crippen molar-refractivity contribution in [3.63, 3.8) is 0 Å². The van der Waals surface area contributed by atoms with Crippen molar-refractivity contribution in [2.24, 2.45) is 5.73 Å². The van der Waals surface area contributed by atoms with Crippen LogP contribution < -0.4 is 5.73 Å². The molecule has 2 aliphatic rings. The molecule has 0 radical (unpaired) electrons. The van der Waals surface area contributed by atoms with E-state index in [1.165, 1.54) is 24.3 Å². The van der Waals surface area contributed by atoms with Crippen molar-refractivity contribution in [1.82, 2.24) is 4.90 Å². The molecular formula is C9H16N2OS. The lowest BCUT2D eigenvalue weighted by Crippen LogP contribution is -2.64. The van der Waals surface area contributed by atoms with Gasteiger partial charge in [-0.15, -0.1) is 0 Å². The third kappa shape index (κ3) is 1.83. The number of hydrogen-bond acceptors (Lipinski definition) is 3. The highest BCUT2D eigenvalue weighted by atomic mass is 32.2. The van der Waals surface area contributed by atoms with Crippen LogP contribution in [0.25, 0.3) is 0 Å². The number of likely N-dealkylation sites (tertiary alicyclic amines) is 1. The van der Waals surface area contributed by atoms with E-state index in [0.29, 0.717) is 6.04 Å². The molecule has 74 valence electrons. The van der Waals surface area contributed by atoms with Crippen molar-refractivity contribution in [2.75, 3.05) is 18.1 Å². The largest absolute Gasteiger partial charge is 0.336 e. The van der Waals surface area contributed by atoms with Crippen LogP contribution in [-0.4, -0.2) is 40.9 Å². The minimum atomic E-state index is -0.198. The molecule has 2 aliphatic heterocycles. The van der Waals surface area contributed by atoms with E-state index in [4.69, 9.17) is 5.73 Å². The van der Waals surface area contributed by atoms with Crippen LogP contribution in [0.3, 0.4) is 0 Å². The SMILES string of the molecule is NC1CN(C2CCCSCC2)C1=O. The second kappa shape index (κ2) is 3.88. The van der Waals surface area contributed by atoms with Gasteiger partial charge in [0, 0.05) is 12.6 Å². The Morgan fingerprint density at radius 3 is 2.92 bits per heavy atom. The van der Waals surface area contributed by atoms with E-state index >= 15 is 0 Å². The van der Waals surface area contributed by atoms with Gasteiger partial charge in [0.1, 0.15) is 6.04 Å². The van der Waals surface area contributed by atoms with Gasteiger partial charge in [-0.3, -0.25) is 4.79 Å². The molecule has 0 aliphatic carbocycles. The Labute approximate surface area is 83.0 Å². The first kappa shape index (κ1) is 9.34. The Hall–Kier alpha value is -0.220. The van der Waals surface area contributed by atoms with Gasteiger partial charge in [-0.05, 0) is 30.8 Å². The van der Waals surface area contributed by atoms with Crippen LogP contribution in [0.1, 0.15) is 19.3 Å². The molecule has 2 heterocycles. The minimum absolute atomic E-state index is 0.164. The van der Waals surface area contributed by atoms with E-state index in [2.05, 4.69) is 0 Å². The molecule has 0 aromatic rings. The number of thioether (sulfide) groups is 1. The number of carbonyl (C=O) groups excluding carboxylic acids is 1. The molecule has 2 unspecified atom stereocenters. The fourth-order valence-corrected chi connectivity index (χ4v) is 3.02. The monoisotopic (exact) mass is 200 g/mol. The molecule has 4 heteroatoms. The van der Waals surface area contributed by atoms with Crippen LogP contribution in [0.4, 0.5) is 0 Å². The second-order valence-electron chi connectivity index (χ2n) is 3.79. The first-order chi connectivity index (χ1) is 6.29. The number of carbonyl (C=O) groups is 1. The van der Waals surface area contributed by atoms with Crippen molar-refractivity contribution in [3.05, 3.63) is 0 Å². The number of amides is 1. The molecule has 0 spiro atoms. The molecular weight excluding hydrogens is 184 g/mol. The Kier molecular flexibility index (Phi) is 2.79. The highest BCUT2D eigenvalue weighted by molar-refractivity contribution is 7.99. The standard InChI is InChI=1S/C9H16N2OS/c10-8-6-11(9(8)12)7-2-1-4-13-5-3-7/h7-8H,1-6,10H2. The maximum absolute atomic E-state index is 11.4. The number of nitrogens with zero attached hydrogens (tertiary/aromatic N) is 1. The van der Waals surface area contributed by atoms with Crippen molar-refractivity contribution < 1.29 is 4.79 Å². The Morgan fingerprint density at radius 2 is 2.23 bits per heavy atom. The quantitative estimate of drug-likeness (QED) is 0.625. The van der Waals surface area contributed by atoms with Gasteiger partial charge in [0.05, 0.1) is 0 Å². The van der Waals surface area contributed by atoms with Gasteiger partial charge in [-0.1, -0.05) is 0 Å². The average Bonchev–Trinajstić information content (AvgIpc) is 2.41. The maximum Gasteiger partial charge on any atom is 0.241 e. The van der Waals surface area contributed by atoms with Crippen molar-refractivity contribution in [3.8, 4) is 0 Å². The van der Waals surface area contributed by atoms with Gasteiger partial charge >= 0.3 is 0 Å². The van der Waals surface area contributed by atoms with Gasteiger partial charge in [0.25, 0.3) is 0 Å². The summed E-state index contributed by atoms with van der Waals surface area (Å²) in [5.74, 6) is 2.62. The van der Waals surface area contributed by atoms with Crippen LogP contribution in [-0.2, 0) is 4.79 Å². The zero-order valence-electron chi connectivity index (χ0n) is 7.74. The predicted molar refractivity (Wildman–Crippen MR) is 54.7 cm³/mol. The van der Waals surface area contributed by atoms with Crippen LogP contribution in [0.2, 0.25) is 0 Å². The van der Waals surface area contributed by atoms with Gasteiger partial charge in [-0.2, -0.15) is 11.8 Å². The molecule has 1 amide bonds. The first-order valence-electron chi connectivity index (χ1n) is 4.93. The summed E-state index contributed by atoms with van der Waals surface area (Å²) in [6.07, 6.45) is 3.57. The lowest BCUT2D eigenvalue weighted by Gasteiger charge is -2.41. The lowest BCUT2D eigenvalue weighted by molar-refractivity contribution is -0.145. The zero-order chi connectivity index (χ0) is 9.26. The maximum atomic E-state index is 11.4. The highest BCUT2D eigenvalue weighted by Gasteiger charge is 2.37. The van der Waals surface area contributed by atoms with Crippen molar-refractivity contribution >= 4 is 17.7 Å². The molecule has 3 nitrogen and oxygen atoms in total. The molecule has 2 fully saturated rings. The molecule has 2 N–H and O–H groups in total. The van der Waals surface area contributed by atoms with E-state index in [1.54, 1.807) is 0 Å². The fourth-order valence-electron chi connectivity index (χ4n) is 2.01. The van der Waals surface area contributed by atoms with Crippen LogP contribution in [0.15, 0.2) is 0 Å². The fraction of sp³-hybridized carbons (Fsp3) is 0.889. The van der Waals surface area contributed by atoms with E-state index in [-0.39, 0.29) is 11.9 Å². The molecule has 0 aromatic carbocycles. The van der Waals surface area contributed by atoms with E-state index < -0.39 is 0 Å². The van der Waals surface area contributed by atoms with Gasteiger partial charge < -0.3 is 10.6 Å². The van der Waals surface area contributed by atoms with Gasteiger partial charge in [-0.25, -0.2) is 0 Å². The third-order valence-corrected chi connectivity index (χ3v) is 3.96. The van der Waals surface area contributed by atoms with Crippen molar-refractivity contribution in [2.45, 2.75) is 31.3 Å². The lowest BCUT2D eigenvalue weighted by atomic mass is 10.00. The predicted octanol–water partition coefficient (Wildman–Crippen LogP) is 0.442. The molecule has 0 bridgehead atoms.